The Balaban J connectivity index is 1.57. The third-order valence-corrected chi connectivity index (χ3v) is 8.57. The maximum absolute atomic E-state index is 12.3. The average Bonchev–Trinajstić information content (AvgIpc) is 3.04. The molecular formula is C20H28O2. The Labute approximate surface area is 133 Å². The number of fused-ring (bicyclic) bond motifs is 7. The Morgan fingerprint density at radius 3 is 2.73 bits per heavy atom. The van der Waals surface area contributed by atoms with Gasteiger partial charge in [-0.3, -0.25) is 4.79 Å². The maximum atomic E-state index is 12.3. The van der Waals surface area contributed by atoms with E-state index in [1.54, 1.807) is 0 Å². The Morgan fingerprint density at radius 2 is 1.91 bits per heavy atom. The summed E-state index contributed by atoms with van der Waals surface area (Å²) >= 11 is 0. The van der Waals surface area contributed by atoms with Gasteiger partial charge in [0.1, 0.15) is 6.10 Å². The Bertz CT molecular complexity index is 593. The van der Waals surface area contributed by atoms with Gasteiger partial charge in [-0.2, -0.15) is 0 Å². The van der Waals surface area contributed by atoms with Crippen molar-refractivity contribution in [1.82, 2.24) is 0 Å². The van der Waals surface area contributed by atoms with Crippen LogP contribution >= 0.6 is 0 Å². The van der Waals surface area contributed by atoms with Gasteiger partial charge in [-0.1, -0.05) is 25.8 Å². The summed E-state index contributed by atoms with van der Waals surface area (Å²) in [6.07, 6.45) is 11.6. The third kappa shape index (κ3) is 1.40. The number of hydrogen-bond donors (Lipinski definition) is 0. The fourth-order valence-corrected chi connectivity index (χ4v) is 7.24. The van der Waals surface area contributed by atoms with Crippen LogP contribution in [-0.4, -0.2) is 17.5 Å². The molecule has 4 aliphatic carbocycles. The van der Waals surface area contributed by atoms with Crippen molar-refractivity contribution in [3.05, 3.63) is 11.6 Å². The standard InChI is InChI=1S/C20H28O2/c1-18-9-4-5-14(18)13-7-6-12-11-16(21)20(3)17(22-20)19(12,2)15(13)8-10-18/h11,13-15,17H,4-10H2,1-3H3/t13-,14-,15-,17?,18-,19-,20?/m0/s1. The van der Waals surface area contributed by atoms with Crippen LogP contribution in [0.2, 0.25) is 0 Å². The molecule has 0 aromatic heterocycles. The van der Waals surface area contributed by atoms with Gasteiger partial charge in [0.25, 0.3) is 0 Å². The molecule has 2 heteroatoms. The van der Waals surface area contributed by atoms with Crippen molar-refractivity contribution < 1.29 is 9.53 Å². The molecule has 0 radical (unpaired) electrons. The van der Waals surface area contributed by atoms with Crippen LogP contribution in [0, 0.1) is 28.6 Å². The molecule has 3 saturated carbocycles. The van der Waals surface area contributed by atoms with Crippen LogP contribution in [-0.2, 0) is 9.53 Å². The van der Waals surface area contributed by atoms with Crippen LogP contribution in [0.4, 0.5) is 0 Å². The quantitative estimate of drug-likeness (QED) is 0.625. The van der Waals surface area contributed by atoms with Crippen molar-refractivity contribution >= 4 is 5.78 Å². The molecule has 5 aliphatic rings. The first-order valence-corrected chi connectivity index (χ1v) is 9.33. The van der Waals surface area contributed by atoms with E-state index in [-0.39, 0.29) is 17.3 Å². The van der Waals surface area contributed by atoms with Crippen molar-refractivity contribution in [2.75, 3.05) is 0 Å². The van der Waals surface area contributed by atoms with Crippen molar-refractivity contribution in [3.63, 3.8) is 0 Å². The second kappa shape index (κ2) is 3.88. The molecule has 4 fully saturated rings. The fourth-order valence-electron chi connectivity index (χ4n) is 7.24. The summed E-state index contributed by atoms with van der Waals surface area (Å²) in [6.45, 7) is 7.00. The minimum atomic E-state index is -0.490. The van der Waals surface area contributed by atoms with Crippen LogP contribution in [0.15, 0.2) is 11.6 Å². The summed E-state index contributed by atoms with van der Waals surface area (Å²) in [5.41, 5.74) is 1.67. The molecule has 0 spiro atoms. The summed E-state index contributed by atoms with van der Waals surface area (Å²) in [4.78, 5) is 12.3. The number of carbonyl (C=O) groups is 1. The first-order chi connectivity index (χ1) is 10.4. The number of epoxide rings is 1. The summed E-state index contributed by atoms with van der Waals surface area (Å²) in [6, 6.07) is 0. The largest absolute Gasteiger partial charge is 0.357 e. The molecule has 0 aromatic rings. The molecule has 0 N–H and O–H groups in total. The van der Waals surface area contributed by atoms with Crippen LogP contribution in [0.1, 0.15) is 65.7 Å². The van der Waals surface area contributed by atoms with Crippen molar-refractivity contribution in [2.45, 2.75) is 77.4 Å². The molecule has 7 atom stereocenters. The lowest BCUT2D eigenvalue weighted by Gasteiger charge is -2.57. The van der Waals surface area contributed by atoms with Crippen LogP contribution in [0.3, 0.4) is 0 Å². The zero-order valence-electron chi connectivity index (χ0n) is 14.2. The normalized spacial score (nSPS) is 59.0. The minimum Gasteiger partial charge on any atom is -0.357 e. The highest BCUT2D eigenvalue weighted by Crippen LogP contribution is 2.69. The molecule has 2 nitrogen and oxygen atoms in total. The second-order valence-electron chi connectivity index (χ2n) is 9.42. The fraction of sp³-hybridized carbons (Fsp3) is 0.850. The third-order valence-electron chi connectivity index (χ3n) is 8.57. The van der Waals surface area contributed by atoms with Crippen molar-refractivity contribution in [1.29, 1.82) is 0 Å². The van der Waals surface area contributed by atoms with E-state index in [0.717, 1.165) is 24.2 Å². The zero-order valence-corrected chi connectivity index (χ0v) is 14.2. The number of ether oxygens (including phenoxy) is 1. The molecule has 0 aromatic carbocycles. The highest BCUT2D eigenvalue weighted by atomic mass is 16.6. The van der Waals surface area contributed by atoms with Gasteiger partial charge >= 0.3 is 0 Å². The van der Waals surface area contributed by atoms with Crippen LogP contribution in [0.25, 0.3) is 0 Å². The predicted molar refractivity (Wildman–Crippen MR) is 85.4 cm³/mol. The minimum absolute atomic E-state index is 0.134. The maximum Gasteiger partial charge on any atom is 0.189 e. The predicted octanol–water partition coefficient (Wildman–Crippen LogP) is 4.29. The van der Waals surface area contributed by atoms with E-state index in [1.165, 1.54) is 44.1 Å². The number of ketones is 1. The molecule has 120 valence electrons. The zero-order chi connectivity index (χ0) is 15.3. The molecule has 2 unspecified atom stereocenters. The Hall–Kier alpha value is -0.630. The van der Waals surface area contributed by atoms with E-state index in [0.29, 0.717) is 5.41 Å². The average molecular weight is 300 g/mol. The smallest absolute Gasteiger partial charge is 0.189 e. The Morgan fingerprint density at radius 1 is 1.09 bits per heavy atom. The first-order valence-electron chi connectivity index (χ1n) is 9.33. The molecular weight excluding hydrogens is 272 g/mol. The lowest BCUT2D eigenvalue weighted by molar-refractivity contribution is -0.119. The molecule has 22 heavy (non-hydrogen) atoms. The molecule has 0 amide bonds. The summed E-state index contributed by atoms with van der Waals surface area (Å²) in [5.74, 6) is 2.76. The van der Waals surface area contributed by atoms with E-state index in [9.17, 15) is 4.79 Å². The number of hydrogen-bond acceptors (Lipinski definition) is 2. The number of rotatable bonds is 0. The van der Waals surface area contributed by atoms with E-state index in [1.807, 2.05) is 13.0 Å². The van der Waals surface area contributed by atoms with Crippen LogP contribution < -0.4 is 0 Å². The summed E-state index contributed by atoms with van der Waals surface area (Å²) < 4.78 is 6.03. The van der Waals surface area contributed by atoms with Crippen molar-refractivity contribution in [2.24, 2.45) is 28.6 Å². The highest BCUT2D eigenvalue weighted by molar-refractivity contribution is 6.01. The number of carbonyl (C=O) groups excluding carboxylic acids is 1. The second-order valence-corrected chi connectivity index (χ2v) is 9.42. The van der Waals surface area contributed by atoms with Gasteiger partial charge in [0.05, 0.1) is 0 Å². The topological polar surface area (TPSA) is 29.6 Å². The van der Waals surface area contributed by atoms with E-state index in [4.69, 9.17) is 4.74 Å². The van der Waals surface area contributed by atoms with Gasteiger partial charge in [-0.05, 0) is 74.7 Å². The van der Waals surface area contributed by atoms with Gasteiger partial charge in [-0.25, -0.2) is 0 Å². The van der Waals surface area contributed by atoms with Crippen LogP contribution in [0.5, 0.6) is 0 Å². The molecule has 5 rings (SSSR count). The molecule has 1 aliphatic heterocycles. The van der Waals surface area contributed by atoms with Gasteiger partial charge in [-0.15, -0.1) is 0 Å². The molecule has 1 heterocycles. The first kappa shape index (κ1) is 13.8. The Kier molecular flexibility index (Phi) is 2.43. The van der Waals surface area contributed by atoms with Gasteiger partial charge in [0.15, 0.2) is 11.4 Å². The SMILES string of the molecule is CC12OC1[C@@]1(C)C(=CC2=O)CC[C@H]2[C@@H]3CCC[C@@]3(C)CC[C@@H]21. The monoisotopic (exact) mass is 300 g/mol. The van der Waals surface area contributed by atoms with Gasteiger partial charge < -0.3 is 4.74 Å². The molecule has 0 bridgehead atoms. The van der Waals surface area contributed by atoms with Crippen molar-refractivity contribution in [3.8, 4) is 0 Å². The van der Waals surface area contributed by atoms with Gasteiger partial charge in [0.2, 0.25) is 0 Å². The van der Waals surface area contributed by atoms with E-state index in [2.05, 4.69) is 13.8 Å². The summed E-state index contributed by atoms with van der Waals surface area (Å²) in [5, 5.41) is 0. The lowest BCUT2D eigenvalue weighted by atomic mass is 9.47. The summed E-state index contributed by atoms with van der Waals surface area (Å²) in [7, 11) is 0. The van der Waals surface area contributed by atoms with E-state index >= 15 is 0 Å². The lowest BCUT2D eigenvalue weighted by Crippen LogP contribution is -2.53. The van der Waals surface area contributed by atoms with Gasteiger partial charge in [0, 0.05) is 5.41 Å². The highest BCUT2D eigenvalue weighted by Gasteiger charge is 2.72. The molecule has 1 saturated heterocycles. The van der Waals surface area contributed by atoms with E-state index < -0.39 is 5.60 Å².